The quantitative estimate of drug-likeness (QED) is 0.722. The van der Waals surface area contributed by atoms with Gasteiger partial charge in [-0.15, -0.1) is 5.10 Å². The number of aromatic amines is 1. The summed E-state index contributed by atoms with van der Waals surface area (Å²) in [6.07, 6.45) is 4.86. The number of H-pyrrole nitrogens is 1. The number of benzene rings is 1. The van der Waals surface area contributed by atoms with E-state index in [2.05, 4.69) is 30.4 Å². The molecule has 1 aliphatic rings. The van der Waals surface area contributed by atoms with Crippen LogP contribution in [0.3, 0.4) is 0 Å². The molecule has 0 bridgehead atoms. The van der Waals surface area contributed by atoms with Crippen LogP contribution in [0.1, 0.15) is 24.8 Å². The van der Waals surface area contributed by atoms with E-state index < -0.39 is 0 Å². The van der Waals surface area contributed by atoms with E-state index in [1.807, 2.05) is 19.1 Å². The number of piperidine rings is 1. The average molecular weight is 367 g/mol. The Kier molecular flexibility index (Phi) is 4.57. The van der Waals surface area contributed by atoms with Crippen molar-refractivity contribution < 1.29 is 4.79 Å². The molecular weight excluding hydrogens is 346 g/mol. The monoisotopic (exact) mass is 367 g/mol. The number of hydrogen-bond donors (Lipinski definition) is 2. The number of fused-ring (bicyclic) bond motifs is 1. The van der Waals surface area contributed by atoms with Crippen LogP contribution >= 0.6 is 0 Å². The van der Waals surface area contributed by atoms with Crippen molar-refractivity contribution in [2.24, 2.45) is 0 Å². The molecule has 0 unspecified atom stereocenters. The van der Waals surface area contributed by atoms with Gasteiger partial charge in [0, 0.05) is 13.1 Å². The van der Waals surface area contributed by atoms with E-state index in [9.17, 15) is 9.59 Å². The molecule has 1 aromatic carbocycles. The third kappa shape index (κ3) is 3.53. The fourth-order valence-corrected chi connectivity index (χ4v) is 3.32. The lowest BCUT2D eigenvalue weighted by Gasteiger charge is -2.24. The number of hydrogen-bond acceptors (Lipinski definition) is 6. The first-order valence-corrected chi connectivity index (χ1v) is 9.04. The molecule has 3 aromatic rings. The highest BCUT2D eigenvalue weighted by Crippen LogP contribution is 2.16. The predicted molar refractivity (Wildman–Crippen MR) is 102 cm³/mol. The van der Waals surface area contributed by atoms with Gasteiger partial charge in [-0.25, -0.2) is 10.1 Å². The second-order valence-corrected chi connectivity index (χ2v) is 6.73. The highest BCUT2D eigenvalue weighted by Gasteiger charge is 2.16. The van der Waals surface area contributed by atoms with Crippen LogP contribution in [0.4, 0.5) is 11.9 Å². The van der Waals surface area contributed by atoms with Crippen LogP contribution in [0.15, 0.2) is 29.3 Å². The van der Waals surface area contributed by atoms with Crippen LogP contribution in [0.2, 0.25) is 0 Å². The molecule has 2 aromatic heterocycles. The van der Waals surface area contributed by atoms with Crippen molar-refractivity contribution in [1.82, 2.24) is 24.7 Å². The van der Waals surface area contributed by atoms with Gasteiger partial charge in [0.25, 0.3) is 5.56 Å². The summed E-state index contributed by atoms with van der Waals surface area (Å²) in [4.78, 5) is 35.6. The molecule has 0 saturated carbocycles. The fraction of sp³-hybridized carbons (Fsp3) is 0.389. The van der Waals surface area contributed by atoms with Gasteiger partial charge >= 0.3 is 0 Å². The minimum Gasteiger partial charge on any atom is -0.340 e. The van der Waals surface area contributed by atoms with Crippen molar-refractivity contribution in [3.63, 3.8) is 0 Å². The van der Waals surface area contributed by atoms with E-state index in [4.69, 9.17) is 0 Å². The van der Waals surface area contributed by atoms with Crippen LogP contribution in [-0.4, -0.2) is 43.7 Å². The molecule has 0 spiro atoms. The van der Waals surface area contributed by atoms with Crippen LogP contribution < -0.4 is 15.8 Å². The number of anilines is 2. The van der Waals surface area contributed by atoms with E-state index in [1.54, 1.807) is 6.07 Å². The number of rotatable bonds is 4. The summed E-state index contributed by atoms with van der Waals surface area (Å²) in [6.45, 7) is 3.59. The van der Waals surface area contributed by atoms with Gasteiger partial charge in [-0.05, 0) is 37.8 Å². The van der Waals surface area contributed by atoms with Crippen molar-refractivity contribution in [2.75, 3.05) is 23.3 Å². The molecule has 140 valence electrons. The summed E-state index contributed by atoms with van der Waals surface area (Å²) in [7, 11) is 0. The third-order valence-corrected chi connectivity index (χ3v) is 4.74. The maximum Gasteiger partial charge on any atom is 0.261 e. The molecule has 27 heavy (non-hydrogen) atoms. The lowest BCUT2D eigenvalue weighted by Crippen LogP contribution is -2.30. The molecule has 1 saturated heterocycles. The molecular formula is C18H21N7O2. The second kappa shape index (κ2) is 7.18. The summed E-state index contributed by atoms with van der Waals surface area (Å²) in [5.41, 5.74) is 1.33. The molecule has 1 aliphatic heterocycles. The number of para-hydroxylation sites is 1. The zero-order valence-electron chi connectivity index (χ0n) is 15.1. The molecule has 0 atom stereocenters. The Morgan fingerprint density at radius 2 is 2.07 bits per heavy atom. The number of amides is 1. The van der Waals surface area contributed by atoms with Crippen molar-refractivity contribution in [2.45, 2.75) is 32.7 Å². The van der Waals surface area contributed by atoms with Crippen LogP contribution in [0.5, 0.6) is 0 Å². The molecule has 3 heterocycles. The SMILES string of the molecule is Cc1cccc2c(=O)n(CC(=O)Nc3nc(N4CCCCC4)n[nH]3)cnc12. The number of carbonyl (C=O) groups excluding carboxylic acids is 1. The van der Waals surface area contributed by atoms with E-state index in [0.29, 0.717) is 16.9 Å². The number of aromatic nitrogens is 5. The molecule has 2 N–H and O–H groups in total. The predicted octanol–water partition coefficient (Wildman–Crippen LogP) is 1.45. The molecule has 1 fully saturated rings. The molecule has 0 radical (unpaired) electrons. The first kappa shape index (κ1) is 17.2. The first-order valence-electron chi connectivity index (χ1n) is 9.04. The third-order valence-electron chi connectivity index (χ3n) is 4.74. The molecule has 9 heteroatoms. The number of carbonyl (C=O) groups is 1. The fourth-order valence-electron chi connectivity index (χ4n) is 3.32. The van der Waals surface area contributed by atoms with E-state index >= 15 is 0 Å². The lowest BCUT2D eigenvalue weighted by atomic mass is 10.1. The van der Waals surface area contributed by atoms with Gasteiger partial charge in [-0.3, -0.25) is 19.5 Å². The summed E-state index contributed by atoms with van der Waals surface area (Å²) < 4.78 is 1.29. The van der Waals surface area contributed by atoms with Gasteiger partial charge < -0.3 is 4.90 Å². The van der Waals surface area contributed by atoms with Crippen molar-refractivity contribution in [3.05, 3.63) is 40.4 Å². The van der Waals surface area contributed by atoms with Crippen LogP contribution in [-0.2, 0) is 11.3 Å². The zero-order valence-corrected chi connectivity index (χ0v) is 15.1. The number of aryl methyl sites for hydroxylation is 1. The minimum atomic E-state index is -0.368. The normalized spacial score (nSPS) is 14.5. The largest absolute Gasteiger partial charge is 0.340 e. The summed E-state index contributed by atoms with van der Waals surface area (Å²) in [5.74, 6) is 0.496. The maximum atomic E-state index is 12.6. The summed E-state index contributed by atoms with van der Waals surface area (Å²) >= 11 is 0. The first-order chi connectivity index (χ1) is 13.1. The van der Waals surface area contributed by atoms with Gasteiger partial charge in [-0.2, -0.15) is 4.98 Å². The summed E-state index contributed by atoms with van der Waals surface area (Å²) in [6, 6.07) is 5.42. The van der Waals surface area contributed by atoms with E-state index in [1.165, 1.54) is 17.3 Å². The highest BCUT2D eigenvalue weighted by molar-refractivity contribution is 5.89. The highest BCUT2D eigenvalue weighted by atomic mass is 16.2. The minimum absolute atomic E-state index is 0.143. The average Bonchev–Trinajstić information content (AvgIpc) is 3.14. The summed E-state index contributed by atoms with van der Waals surface area (Å²) in [5, 5.41) is 10.0. The Hall–Kier alpha value is -3.23. The number of nitrogens with zero attached hydrogens (tertiary/aromatic N) is 5. The Morgan fingerprint density at radius 1 is 1.26 bits per heavy atom. The Morgan fingerprint density at radius 3 is 2.89 bits per heavy atom. The van der Waals surface area contributed by atoms with Crippen molar-refractivity contribution in [3.8, 4) is 0 Å². The van der Waals surface area contributed by atoms with Gasteiger partial charge in [-0.1, -0.05) is 12.1 Å². The maximum absolute atomic E-state index is 12.6. The Labute approximate surface area is 155 Å². The Balaban J connectivity index is 1.47. The molecule has 0 aliphatic carbocycles. The van der Waals surface area contributed by atoms with Gasteiger partial charge in [0.15, 0.2) is 0 Å². The molecule has 4 rings (SSSR count). The van der Waals surface area contributed by atoms with Crippen LogP contribution in [0, 0.1) is 6.92 Å². The van der Waals surface area contributed by atoms with Gasteiger partial charge in [0.05, 0.1) is 17.2 Å². The van der Waals surface area contributed by atoms with Gasteiger partial charge in [0.2, 0.25) is 17.8 Å². The number of nitrogens with one attached hydrogen (secondary N) is 2. The van der Waals surface area contributed by atoms with Gasteiger partial charge in [0.1, 0.15) is 6.54 Å². The molecule has 1 amide bonds. The van der Waals surface area contributed by atoms with E-state index in [-0.39, 0.29) is 24.0 Å². The van der Waals surface area contributed by atoms with Crippen molar-refractivity contribution >= 4 is 28.7 Å². The standard InChI is InChI=1S/C18H21N7O2/c1-12-6-5-7-13-15(12)19-11-25(16(13)27)10-14(26)20-17-21-18(23-22-17)24-8-3-2-4-9-24/h5-7,11H,2-4,8-10H2,1H3,(H2,20,21,22,23,26). The topological polar surface area (TPSA) is 109 Å². The smallest absolute Gasteiger partial charge is 0.261 e. The zero-order chi connectivity index (χ0) is 18.8. The lowest BCUT2D eigenvalue weighted by molar-refractivity contribution is -0.116. The molecule has 9 nitrogen and oxygen atoms in total. The van der Waals surface area contributed by atoms with E-state index in [0.717, 1.165) is 31.5 Å². The second-order valence-electron chi connectivity index (χ2n) is 6.73. The Bertz CT molecular complexity index is 1030. The van der Waals surface area contributed by atoms with Crippen molar-refractivity contribution in [1.29, 1.82) is 0 Å². The van der Waals surface area contributed by atoms with Crippen LogP contribution in [0.25, 0.3) is 10.9 Å².